The molecule has 1 aromatic heterocycles. The smallest absolute Gasteiger partial charge is 0.191 e. The van der Waals surface area contributed by atoms with E-state index in [0.717, 1.165) is 57.5 Å². The van der Waals surface area contributed by atoms with Gasteiger partial charge in [0.1, 0.15) is 5.76 Å². The first-order valence-electron chi connectivity index (χ1n) is 11.0. The van der Waals surface area contributed by atoms with Crippen LogP contribution in [0.2, 0.25) is 0 Å². The van der Waals surface area contributed by atoms with Gasteiger partial charge >= 0.3 is 0 Å². The van der Waals surface area contributed by atoms with Crippen molar-refractivity contribution in [3.8, 4) is 0 Å². The quantitative estimate of drug-likeness (QED) is 0.297. The molecule has 2 aliphatic heterocycles. The Balaban J connectivity index is 0.00000300. The lowest BCUT2D eigenvalue weighted by atomic mass is 10.2. The number of likely N-dealkylation sites (N-methyl/N-ethyl adjacent to an activating group) is 1. The highest BCUT2D eigenvalue weighted by Crippen LogP contribution is 2.25. The molecule has 0 radical (unpaired) electrons. The number of nitrogens with zero attached hydrogens (tertiary/aromatic N) is 4. The molecule has 2 saturated heterocycles. The fourth-order valence-corrected chi connectivity index (χ4v) is 4.10. The van der Waals surface area contributed by atoms with Crippen molar-refractivity contribution in [2.24, 2.45) is 4.99 Å². The molecule has 29 heavy (non-hydrogen) atoms. The molecule has 1 aromatic rings. The van der Waals surface area contributed by atoms with Gasteiger partial charge in [-0.3, -0.25) is 14.8 Å². The third kappa shape index (κ3) is 7.73. The van der Waals surface area contributed by atoms with E-state index in [1.54, 1.807) is 6.26 Å². The number of furan rings is 1. The van der Waals surface area contributed by atoms with E-state index in [0.29, 0.717) is 0 Å². The van der Waals surface area contributed by atoms with Gasteiger partial charge < -0.3 is 20.0 Å². The number of halogens is 1. The summed E-state index contributed by atoms with van der Waals surface area (Å²) in [6.45, 7) is 16.1. The zero-order chi connectivity index (χ0) is 19.6. The van der Waals surface area contributed by atoms with Crippen LogP contribution < -0.4 is 10.6 Å². The van der Waals surface area contributed by atoms with Crippen LogP contribution in [0.1, 0.15) is 38.5 Å². The zero-order valence-electron chi connectivity index (χ0n) is 18.1. The maximum atomic E-state index is 5.72. The van der Waals surface area contributed by atoms with E-state index in [4.69, 9.17) is 9.41 Å². The van der Waals surface area contributed by atoms with E-state index < -0.39 is 0 Å². The highest BCUT2D eigenvalue weighted by molar-refractivity contribution is 14.0. The van der Waals surface area contributed by atoms with Gasteiger partial charge in [-0.25, -0.2) is 0 Å². The van der Waals surface area contributed by atoms with E-state index in [9.17, 15) is 0 Å². The summed E-state index contributed by atoms with van der Waals surface area (Å²) in [5.74, 6) is 1.93. The Kier molecular flexibility index (Phi) is 11.3. The van der Waals surface area contributed by atoms with E-state index >= 15 is 0 Å². The molecular formula is C21H39IN6O. The number of nitrogens with one attached hydrogen (secondary N) is 2. The minimum atomic E-state index is 0. The molecular weight excluding hydrogens is 479 g/mol. The first kappa shape index (κ1) is 24.4. The summed E-state index contributed by atoms with van der Waals surface area (Å²) in [5, 5.41) is 6.91. The second-order valence-electron chi connectivity index (χ2n) is 7.70. The molecule has 0 spiro atoms. The summed E-state index contributed by atoms with van der Waals surface area (Å²) in [6, 6.07) is 4.29. The minimum Gasteiger partial charge on any atom is -0.468 e. The number of likely N-dealkylation sites (tertiary alicyclic amines) is 1. The second-order valence-corrected chi connectivity index (χ2v) is 7.70. The maximum Gasteiger partial charge on any atom is 0.191 e. The SMILES string of the molecule is CCNC(=NCC(c1ccco1)N1CCCC1)NCCN1CCN(CC)CC1.I. The third-order valence-electron chi connectivity index (χ3n) is 5.85. The number of aliphatic imine (C=N–C) groups is 1. The predicted molar refractivity (Wildman–Crippen MR) is 130 cm³/mol. The van der Waals surface area contributed by atoms with Crippen molar-refractivity contribution in [1.82, 2.24) is 25.3 Å². The van der Waals surface area contributed by atoms with Gasteiger partial charge in [-0.15, -0.1) is 24.0 Å². The third-order valence-corrected chi connectivity index (χ3v) is 5.85. The fourth-order valence-electron chi connectivity index (χ4n) is 4.10. The van der Waals surface area contributed by atoms with Crippen molar-refractivity contribution in [1.29, 1.82) is 0 Å². The van der Waals surface area contributed by atoms with E-state index in [1.165, 1.54) is 39.0 Å². The fraction of sp³-hybridized carbons (Fsp3) is 0.762. The first-order valence-corrected chi connectivity index (χ1v) is 11.0. The molecule has 3 rings (SSSR count). The molecule has 0 aliphatic carbocycles. The first-order chi connectivity index (χ1) is 13.8. The number of piperazine rings is 1. The van der Waals surface area contributed by atoms with Crippen LogP contribution in [0.25, 0.3) is 0 Å². The summed E-state index contributed by atoms with van der Waals surface area (Å²) in [6.07, 6.45) is 4.30. The molecule has 0 amide bonds. The average molecular weight is 518 g/mol. The molecule has 0 aromatic carbocycles. The number of rotatable bonds is 9. The van der Waals surface area contributed by atoms with E-state index in [-0.39, 0.29) is 30.0 Å². The lowest BCUT2D eigenvalue weighted by Crippen LogP contribution is -2.49. The molecule has 2 fully saturated rings. The lowest BCUT2D eigenvalue weighted by Gasteiger charge is -2.34. The van der Waals surface area contributed by atoms with Crippen molar-refractivity contribution >= 4 is 29.9 Å². The number of hydrogen-bond acceptors (Lipinski definition) is 5. The molecule has 1 atom stereocenters. The van der Waals surface area contributed by atoms with Gasteiger partial charge in [-0.2, -0.15) is 0 Å². The van der Waals surface area contributed by atoms with Gasteiger partial charge in [0.2, 0.25) is 0 Å². The Hall–Kier alpha value is -0.840. The molecule has 7 nitrogen and oxygen atoms in total. The lowest BCUT2D eigenvalue weighted by molar-refractivity contribution is 0.139. The Morgan fingerprint density at radius 1 is 1.07 bits per heavy atom. The van der Waals surface area contributed by atoms with Crippen LogP contribution in [0.15, 0.2) is 27.8 Å². The second kappa shape index (κ2) is 13.5. The predicted octanol–water partition coefficient (Wildman–Crippen LogP) is 2.23. The van der Waals surface area contributed by atoms with Gasteiger partial charge in [-0.1, -0.05) is 6.92 Å². The average Bonchev–Trinajstić information content (AvgIpc) is 3.43. The van der Waals surface area contributed by atoms with Gasteiger partial charge in [0.05, 0.1) is 18.8 Å². The normalized spacial score (nSPS) is 20.4. The summed E-state index contributed by atoms with van der Waals surface area (Å²) >= 11 is 0. The molecule has 3 heterocycles. The van der Waals surface area contributed by atoms with Crippen molar-refractivity contribution in [2.45, 2.75) is 32.7 Å². The number of guanidine groups is 1. The van der Waals surface area contributed by atoms with Crippen molar-refractivity contribution in [2.75, 3.05) is 72.0 Å². The van der Waals surface area contributed by atoms with Crippen LogP contribution in [-0.4, -0.2) is 92.7 Å². The molecule has 0 bridgehead atoms. The highest BCUT2D eigenvalue weighted by atomic mass is 127. The van der Waals surface area contributed by atoms with Crippen molar-refractivity contribution in [3.63, 3.8) is 0 Å². The molecule has 2 N–H and O–H groups in total. The van der Waals surface area contributed by atoms with E-state index in [2.05, 4.69) is 45.2 Å². The molecule has 166 valence electrons. The minimum absolute atomic E-state index is 0. The zero-order valence-corrected chi connectivity index (χ0v) is 20.4. The van der Waals surface area contributed by atoms with Crippen LogP contribution in [-0.2, 0) is 0 Å². The van der Waals surface area contributed by atoms with Gasteiger partial charge in [-0.05, 0) is 51.5 Å². The standard InChI is InChI=1S/C21H38N6O.HI/c1-3-22-21(23-9-12-26-15-13-25(4-2)14-16-26)24-18-19(20-8-7-17-28-20)27-10-5-6-11-27;/h7-8,17,19H,3-6,9-16,18H2,1-2H3,(H2,22,23,24);1H. The highest BCUT2D eigenvalue weighted by Gasteiger charge is 2.25. The molecule has 8 heteroatoms. The monoisotopic (exact) mass is 518 g/mol. The van der Waals surface area contributed by atoms with Crippen LogP contribution >= 0.6 is 24.0 Å². The van der Waals surface area contributed by atoms with Crippen LogP contribution in [0, 0.1) is 0 Å². The summed E-state index contributed by atoms with van der Waals surface area (Å²) < 4.78 is 5.72. The van der Waals surface area contributed by atoms with Crippen molar-refractivity contribution in [3.05, 3.63) is 24.2 Å². The molecule has 2 aliphatic rings. The molecule has 0 saturated carbocycles. The van der Waals surface area contributed by atoms with Crippen LogP contribution in [0.3, 0.4) is 0 Å². The largest absolute Gasteiger partial charge is 0.468 e. The topological polar surface area (TPSA) is 59.3 Å². The molecule has 1 unspecified atom stereocenters. The summed E-state index contributed by atoms with van der Waals surface area (Å²) in [5.41, 5.74) is 0. The Morgan fingerprint density at radius 3 is 2.41 bits per heavy atom. The number of hydrogen-bond donors (Lipinski definition) is 2. The van der Waals surface area contributed by atoms with Crippen LogP contribution in [0.5, 0.6) is 0 Å². The van der Waals surface area contributed by atoms with Gasteiger partial charge in [0.25, 0.3) is 0 Å². The van der Waals surface area contributed by atoms with E-state index in [1.807, 2.05) is 6.07 Å². The summed E-state index contributed by atoms with van der Waals surface area (Å²) in [7, 11) is 0. The Bertz CT molecular complexity index is 568. The maximum absolute atomic E-state index is 5.72. The Morgan fingerprint density at radius 2 is 1.79 bits per heavy atom. The van der Waals surface area contributed by atoms with Crippen molar-refractivity contribution < 1.29 is 4.42 Å². The van der Waals surface area contributed by atoms with Gasteiger partial charge in [0.15, 0.2) is 5.96 Å². The Labute approximate surface area is 193 Å². The van der Waals surface area contributed by atoms with Crippen LogP contribution in [0.4, 0.5) is 0 Å². The summed E-state index contributed by atoms with van der Waals surface area (Å²) in [4.78, 5) is 12.4. The van der Waals surface area contributed by atoms with Gasteiger partial charge in [0, 0.05) is 45.8 Å².